The zero-order valence-electron chi connectivity index (χ0n) is 17.6. The Morgan fingerprint density at radius 3 is 1.54 bits per heavy atom. The van der Waals surface area contributed by atoms with Gasteiger partial charge in [0.1, 0.15) is 0 Å². The van der Waals surface area contributed by atoms with E-state index in [9.17, 15) is 0 Å². The minimum absolute atomic E-state index is 0.676. The van der Waals surface area contributed by atoms with Crippen molar-refractivity contribution in [2.75, 3.05) is 0 Å². The number of aromatic nitrogens is 1. The predicted octanol–water partition coefficient (Wildman–Crippen LogP) is 8.30. The van der Waals surface area contributed by atoms with Gasteiger partial charge in [-0.15, -0.1) is 0 Å². The van der Waals surface area contributed by atoms with Gasteiger partial charge in [-0.1, -0.05) is 58.1 Å². The first-order chi connectivity index (χ1) is 13.7. The molecule has 0 spiro atoms. The molecule has 0 bridgehead atoms. The van der Waals surface area contributed by atoms with Gasteiger partial charge in [0.2, 0.25) is 0 Å². The molecular formula is C27H35N. The number of nitrogens with one attached hydrogen (secondary N) is 1. The highest BCUT2D eigenvalue weighted by Crippen LogP contribution is 2.40. The zero-order chi connectivity index (χ0) is 19.1. The molecule has 1 nitrogen and oxygen atoms in total. The molecular weight excluding hydrogens is 338 g/mol. The van der Waals surface area contributed by atoms with Crippen molar-refractivity contribution >= 4 is 21.8 Å². The second kappa shape index (κ2) is 7.58. The summed E-state index contributed by atoms with van der Waals surface area (Å²) >= 11 is 0. The van der Waals surface area contributed by atoms with Crippen LogP contribution < -0.4 is 0 Å². The molecule has 0 amide bonds. The highest BCUT2D eigenvalue weighted by Gasteiger charge is 2.24. The maximum Gasteiger partial charge on any atom is 0.0465 e. The number of aromatic amines is 1. The van der Waals surface area contributed by atoms with E-state index in [-0.39, 0.29) is 0 Å². The summed E-state index contributed by atoms with van der Waals surface area (Å²) < 4.78 is 0. The Hall–Kier alpha value is -1.76. The molecule has 148 valence electrons. The summed E-state index contributed by atoms with van der Waals surface area (Å²) in [5, 5.41) is 2.85. The Labute approximate surface area is 169 Å². The van der Waals surface area contributed by atoms with Crippen LogP contribution in [0, 0.1) is 11.8 Å². The lowest BCUT2D eigenvalue weighted by Gasteiger charge is -2.28. The maximum absolute atomic E-state index is 3.66. The monoisotopic (exact) mass is 373 g/mol. The van der Waals surface area contributed by atoms with Crippen LogP contribution in [0.25, 0.3) is 21.8 Å². The van der Waals surface area contributed by atoms with Crippen LogP contribution in [0.3, 0.4) is 0 Å². The first-order valence-electron chi connectivity index (χ1n) is 11.8. The molecule has 2 fully saturated rings. The summed E-state index contributed by atoms with van der Waals surface area (Å²) in [5.41, 5.74) is 5.65. The first-order valence-corrected chi connectivity index (χ1v) is 11.8. The predicted molar refractivity (Wildman–Crippen MR) is 121 cm³/mol. The Morgan fingerprint density at radius 1 is 0.643 bits per heavy atom. The summed E-state index contributed by atoms with van der Waals surface area (Å²) in [4.78, 5) is 3.66. The van der Waals surface area contributed by atoms with Crippen LogP contribution in [0.4, 0.5) is 0 Å². The van der Waals surface area contributed by atoms with Gasteiger partial charge in [0.15, 0.2) is 0 Å². The van der Waals surface area contributed by atoms with Crippen molar-refractivity contribution in [1.29, 1.82) is 0 Å². The Morgan fingerprint density at radius 2 is 1.07 bits per heavy atom. The molecule has 2 unspecified atom stereocenters. The molecule has 1 heterocycles. The maximum atomic E-state index is 3.66. The van der Waals surface area contributed by atoms with Crippen LogP contribution in [-0.4, -0.2) is 4.98 Å². The fourth-order valence-corrected chi connectivity index (χ4v) is 6.13. The highest BCUT2D eigenvalue weighted by atomic mass is 14.7. The highest BCUT2D eigenvalue weighted by molar-refractivity contribution is 6.07. The van der Waals surface area contributed by atoms with E-state index >= 15 is 0 Å². The molecule has 0 aliphatic heterocycles. The van der Waals surface area contributed by atoms with Gasteiger partial charge in [-0.25, -0.2) is 0 Å². The lowest BCUT2D eigenvalue weighted by atomic mass is 9.77. The normalized spacial score (nSPS) is 21.5. The van der Waals surface area contributed by atoms with Crippen LogP contribution in [0.2, 0.25) is 0 Å². The van der Waals surface area contributed by atoms with Crippen molar-refractivity contribution in [3.8, 4) is 0 Å². The fraction of sp³-hybridized carbons (Fsp3) is 0.556. The third-order valence-corrected chi connectivity index (χ3v) is 8.16. The number of hydrogen-bond donors (Lipinski definition) is 1. The quantitative estimate of drug-likeness (QED) is 0.473. The smallest absolute Gasteiger partial charge is 0.0465 e. The SMILES string of the molecule is CC(c1ccc2[nH]c3ccc(C(C)C4CCCC4)cc3c2c1)C1CCCCC1. The van der Waals surface area contributed by atoms with E-state index in [1.54, 1.807) is 0 Å². The van der Waals surface area contributed by atoms with E-state index in [4.69, 9.17) is 0 Å². The lowest BCUT2D eigenvalue weighted by molar-refractivity contribution is 0.316. The summed E-state index contributed by atoms with van der Waals surface area (Å²) in [6.07, 6.45) is 12.8. The number of rotatable bonds is 4. The molecule has 2 aliphatic rings. The molecule has 3 aromatic rings. The Bertz CT molecular complexity index is 953. The van der Waals surface area contributed by atoms with Crippen molar-refractivity contribution in [3.05, 3.63) is 47.5 Å². The third-order valence-electron chi connectivity index (χ3n) is 8.16. The van der Waals surface area contributed by atoms with Gasteiger partial charge >= 0.3 is 0 Å². The summed E-state index contributed by atoms with van der Waals surface area (Å²) in [6, 6.07) is 14.4. The summed E-state index contributed by atoms with van der Waals surface area (Å²) in [7, 11) is 0. The largest absolute Gasteiger partial charge is 0.355 e. The molecule has 5 rings (SSSR count). The van der Waals surface area contributed by atoms with E-state index in [0.29, 0.717) is 11.8 Å². The molecule has 2 aliphatic carbocycles. The molecule has 1 N–H and O–H groups in total. The van der Waals surface area contributed by atoms with Crippen LogP contribution in [0.5, 0.6) is 0 Å². The topological polar surface area (TPSA) is 15.8 Å². The van der Waals surface area contributed by atoms with Crippen LogP contribution >= 0.6 is 0 Å². The molecule has 2 saturated carbocycles. The fourth-order valence-electron chi connectivity index (χ4n) is 6.13. The van der Waals surface area contributed by atoms with E-state index in [1.807, 2.05) is 0 Å². The van der Waals surface area contributed by atoms with Gasteiger partial charge in [-0.05, 0) is 84.7 Å². The molecule has 2 aromatic carbocycles. The molecule has 0 saturated heterocycles. The van der Waals surface area contributed by atoms with E-state index < -0.39 is 0 Å². The van der Waals surface area contributed by atoms with Crippen LogP contribution in [0.15, 0.2) is 36.4 Å². The van der Waals surface area contributed by atoms with Gasteiger partial charge in [0.25, 0.3) is 0 Å². The Balaban J connectivity index is 1.51. The van der Waals surface area contributed by atoms with Crippen molar-refractivity contribution in [2.24, 2.45) is 11.8 Å². The number of fused-ring (bicyclic) bond motifs is 3. The number of H-pyrrole nitrogens is 1. The van der Waals surface area contributed by atoms with E-state index in [1.165, 1.54) is 90.7 Å². The first kappa shape index (κ1) is 18.3. The summed E-state index contributed by atoms with van der Waals surface area (Å²) in [5.74, 6) is 3.11. The van der Waals surface area contributed by atoms with Crippen molar-refractivity contribution < 1.29 is 0 Å². The van der Waals surface area contributed by atoms with Crippen molar-refractivity contribution in [3.63, 3.8) is 0 Å². The van der Waals surface area contributed by atoms with Gasteiger partial charge in [-0.2, -0.15) is 0 Å². The van der Waals surface area contributed by atoms with Crippen molar-refractivity contribution in [2.45, 2.75) is 83.5 Å². The van der Waals surface area contributed by atoms with Gasteiger partial charge in [0, 0.05) is 21.8 Å². The minimum atomic E-state index is 0.676. The van der Waals surface area contributed by atoms with Crippen molar-refractivity contribution in [1.82, 2.24) is 4.98 Å². The Kier molecular flexibility index (Phi) is 4.95. The second-order valence-corrected chi connectivity index (χ2v) is 9.76. The van der Waals surface area contributed by atoms with Gasteiger partial charge in [0.05, 0.1) is 0 Å². The molecule has 1 heteroatoms. The van der Waals surface area contributed by atoms with E-state index in [0.717, 1.165) is 11.8 Å². The average molecular weight is 374 g/mol. The molecule has 2 atom stereocenters. The number of hydrogen-bond acceptors (Lipinski definition) is 0. The summed E-state index contributed by atoms with van der Waals surface area (Å²) in [6.45, 7) is 4.90. The molecule has 28 heavy (non-hydrogen) atoms. The van der Waals surface area contributed by atoms with Gasteiger partial charge < -0.3 is 4.98 Å². The van der Waals surface area contributed by atoms with Crippen LogP contribution in [0.1, 0.15) is 94.6 Å². The molecule has 1 aromatic heterocycles. The number of benzene rings is 2. The van der Waals surface area contributed by atoms with Crippen LogP contribution in [-0.2, 0) is 0 Å². The lowest BCUT2D eigenvalue weighted by Crippen LogP contribution is -2.13. The second-order valence-electron chi connectivity index (χ2n) is 9.76. The van der Waals surface area contributed by atoms with E-state index in [2.05, 4.69) is 55.2 Å². The minimum Gasteiger partial charge on any atom is -0.355 e. The van der Waals surface area contributed by atoms with Gasteiger partial charge in [-0.3, -0.25) is 0 Å². The standard InChI is InChI=1S/C27H35N/c1-18(20-8-4-3-5-9-20)22-12-14-26-24(16-22)25-17-23(13-15-27(25)28-26)19(2)21-10-6-7-11-21/h12-21,28H,3-11H2,1-2H3. The third kappa shape index (κ3) is 3.27. The zero-order valence-corrected chi connectivity index (χ0v) is 17.6. The average Bonchev–Trinajstić information content (AvgIpc) is 3.40. The molecule has 0 radical (unpaired) electrons.